The Labute approximate surface area is 223 Å². The number of nitrogens with zero attached hydrogens (tertiary/aromatic N) is 3. The zero-order valence-electron chi connectivity index (χ0n) is 21.3. The molecular formula is C30H35ClN4O2. The first kappa shape index (κ1) is 24.6. The summed E-state index contributed by atoms with van der Waals surface area (Å²) < 4.78 is 1.51. The Morgan fingerprint density at radius 3 is 2.59 bits per heavy atom. The summed E-state index contributed by atoms with van der Waals surface area (Å²) >= 11 is 6.26. The summed E-state index contributed by atoms with van der Waals surface area (Å²) in [7, 11) is 0. The van der Waals surface area contributed by atoms with E-state index >= 15 is 0 Å². The van der Waals surface area contributed by atoms with Crippen molar-refractivity contribution in [2.75, 3.05) is 26.2 Å². The summed E-state index contributed by atoms with van der Waals surface area (Å²) in [5, 5.41) is 4.14. The minimum Gasteiger partial charge on any atom is -0.354 e. The SMILES string of the molecule is O=C(Cn1c(-c2cccc(Cl)c2)nc2ccc([C@H]3C[C@H](CN4CCCCC4)C3)cc2c1=O)NCC1CC1. The van der Waals surface area contributed by atoms with E-state index < -0.39 is 0 Å². The summed E-state index contributed by atoms with van der Waals surface area (Å²) in [6.45, 7) is 4.31. The monoisotopic (exact) mass is 518 g/mol. The van der Waals surface area contributed by atoms with Gasteiger partial charge in [0.2, 0.25) is 5.91 Å². The van der Waals surface area contributed by atoms with Gasteiger partial charge in [0.1, 0.15) is 12.4 Å². The van der Waals surface area contributed by atoms with Crippen LogP contribution in [0.3, 0.4) is 0 Å². The fraction of sp³-hybridized carbons (Fsp3) is 0.500. The van der Waals surface area contributed by atoms with Crippen LogP contribution in [0, 0.1) is 11.8 Å². The van der Waals surface area contributed by atoms with Gasteiger partial charge in [-0.25, -0.2) is 4.98 Å². The topological polar surface area (TPSA) is 67.2 Å². The number of halogens is 1. The fourth-order valence-corrected chi connectivity index (χ4v) is 6.12. The number of piperidine rings is 1. The highest BCUT2D eigenvalue weighted by molar-refractivity contribution is 6.30. The molecule has 6 rings (SSSR count). The zero-order valence-corrected chi connectivity index (χ0v) is 22.1. The van der Waals surface area contributed by atoms with Crippen molar-refractivity contribution in [2.24, 2.45) is 11.8 Å². The Balaban J connectivity index is 1.27. The molecule has 0 spiro atoms. The molecule has 1 aliphatic heterocycles. The predicted molar refractivity (Wildman–Crippen MR) is 148 cm³/mol. The third kappa shape index (κ3) is 5.60. The molecule has 0 atom stereocenters. The Hall–Kier alpha value is -2.70. The van der Waals surface area contributed by atoms with Crippen LogP contribution in [0.4, 0.5) is 0 Å². The van der Waals surface area contributed by atoms with Crippen molar-refractivity contribution in [3.8, 4) is 11.4 Å². The highest BCUT2D eigenvalue weighted by atomic mass is 35.5. The average Bonchev–Trinajstić information content (AvgIpc) is 3.71. The van der Waals surface area contributed by atoms with Crippen molar-refractivity contribution in [3.05, 3.63) is 63.4 Å². The molecule has 3 aromatic rings. The maximum Gasteiger partial charge on any atom is 0.262 e. The quantitative estimate of drug-likeness (QED) is 0.444. The highest BCUT2D eigenvalue weighted by Crippen LogP contribution is 2.42. The van der Waals surface area contributed by atoms with E-state index in [0.717, 1.165) is 24.3 Å². The van der Waals surface area contributed by atoms with E-state index in [2.05, 4.69) is 16.3 Å². The largest absolute Gasteiger partial charge is 0.354 e. The first-order valence-electron chi connectivity index (χ1n) is 13.8. The van der Waals surface area contributed by atoms with Crippen molar-refractivity contribution >= 4 is 28.4 Å². The molecule has 2 aliphatic carbocycles. The van der Waals surface area contributed by atoms with Crippen LogP contribution >= 0.6 is 11.6 Å². The predicted octanol–water partition coefficient (Wildman–Crippen LogP) is 5.22. The van der Waals surface area contributed by atoms with Crippen LogP contribution in [0.15, 0.2) is 47.3 Å². The summed E-state index contributed by atoms with van der Waals surface area (Å²) in [4.78, 5) is 34.1. The van der Waals surface area contributed by atoms with Gasteiger partial charge in [0.25, 0.3) is 5.56 Å². The number of carbonyl (C=O) groups is 1. The van der Waals surface area contributed by atoms with Gasteiger partial charge in [0.15, 0.2) is 0 Å². The minimum atomic E-state index is -0.174. The number of aromatic nitrogens is 2. The van der Waals surface area contributed by atoms with Crippen LogP contribution in [0.5, 0.6) is 0 Å². The third-order valence-corrected chi connectivity index (χ3v) is 8.55. The van der Waals surface area contributed by atoms with E-state index in [1.807, 2.05) is 24.3 Å². The van der Waals surface area contributed by atoms with Gasteiger partial charge in [-0.05, 0) is 99.2 Å². The summed E-state index contributed by atoms with van der Waals surface area (Å²) in [5.74, 6) is 2.12. The summed E-state index contributed by atoms with van der Waals surface area (Å²) in [5.41, 5.74) is 2.42. The van der Waals surface area contributed by atoms with E-state index in [9.17, 15) is 9.59 Å². The van der Waals surface area contributed by atoms with Gasteiger partial charge in [0, 0.05) is 23.7 Å². The first-order valence-corrected chi connectivity index (χ1v) is 14.2. The van der Waals surface area contributed by atoms with E-state index in [-0.39, 0.29) is 18.0 Å². The molecule has 6 nitrogen and oxygen atoms in total. The Morgan fingerprint density at radius 2 is 1.84 bits per heavy atom. The molecule has 194 valence electrons. The number of fused-ring (bicyclic) bond motifs is 1. The second-order valence-corrected chi connectivity index (χ2v) is 11.7. The molecule has 1 aromatic heterocycles. The van der Waals surface area contributed by atoms with Crippen LogP contribution < -0.4 is 10.9 Å². The number of hydrogen-bond acceptors (Lipinski definition) is 4. The van der Waals surface area contributed by atoms with Crippen molar-refractivity contribution in [1.29, 1.82) is 0 Å². The van der Waals surface area contributed by atoms with E-state index in [0.29, 0.717) is 40.1 Å². The number of rotatable bonds is 8. The molecule has 2 aromatic carbocycles. The molecule has 1 saturated heterocycles. The van der Waals surface area contributed by atoms with E-state index in [4.69, 9.17) is 16.6 Å². The molecule has 0 unspecified atom stereocenters. The van der Waals surface area contributed by atoms with Crippen LogP contribution in [0.2, 0.25) is 5.02 Å². The number of amides is 1. The smallest absolute Gasteiger partial charge is 0.262 e. The van der Waals surface area contributed by atoms with Gasteiger partial charge in [-0.1, -0.05) is 36.2 Å². The number of likely N-dealkylation sites (tertiary alicyclic amines) is 1. The van der Waals surface area contributed by atoms with Crippen LogP contribution in [-0.4, -0.2) is 46.5 Å². The number of benzene rings is 2. The fourth-order valence-electron chi connectivity index (χ4n) is 5.93. The van der Waals surface area contributed by atoms with Gasteiger partial charge in [-0.15, -0.1) is 0 Å². The van der Waals surface area contributed by atoms with Gasteiger partial charge < -0.3 is 10.2 Å². The lowest BCUT2D eigenvalue weighted by Crippen LogP contribution is -2.38. The Bertz CT molecular complexity index is 1350. The van der Waals surface area contributed by atoms with Gasteiger partial charge in [-0.3, -0.25) is 14.2 Å². The van der Waals surface area contributed by atoms with Gasteiger partial charge >= 0.3 is 0 Å². The lowest BCUT2D eigenvalue weighted by molar-refractivity contribution is -0.121. The van der Waals surface area contributed by atoms with E-state index in [1.54, 1.807) is 12.1 Å². The number of hydrogen-bond donors (Lipinski definition) is 1. The third-order valence-electron chi connectivity index (χ3n) is 8.32. The van der Waals surface area contributed by atoms with Crippen LogP contribution in [0.25, 0.3) is 22.3 Å². The lowest BCUT2D eigenvalue weighted by atomic mass is 9.71. The molecular weight excluding hydrogens is 484 g/mol. The number of carbonyl (C=O) groups excluding carboxylic acids is 1. The van der Waals surface area contributed by atoms with Crippen molar-refractivity contribution in [1.82, 2.24) is 19.8 Å². The van der Waals surface area contributed by atoms with Gasteiger partial charge in [-0.2, -0.15) is 0 Å². The standard InChI is InChI=1S/C30H35ClN4O2/c31-25-6-4-5-23(15-25)29-33-27-10-9-22(24-13-21(14-24)18-34-11-2-1-3-12-34)16-26(27)30(37)35(29)19-28(36)32-17-20-7-8-20/h4-6,9-10,15-16,20-21,24H,1-3,7-8,11-14,17-19H2,(H,32,36)/t21-,24-. The Morgan fingerprint density at radius 1 is 1.03 bits per heavy atom. The molecule has 3 fully saturated rings. The lowest BCUT2D eigenvalue weighted by Gasteiger charge is -2.40. The molecule has 0 bridgehead atoms. The van der Waals surface area contributed by atoms with Crippen molar-refractivity contribution in [3.63, 3.8) is 0 Å². The Kier molecular flexibility index (Phi) is 7.04. The number of nitrogens with one attached hydrogen (secondary N) is 1. The summed E-state index contributed by atoms with van der Waals surface area (Å²) in [6.07, 6.45) is 8.70. The maximum atomic E-state index is 13.8. The van der Waals surface area contributed by atoms with Crippen molar-refractivity contribution in [2.45, 2.75) is 57.4 Å². The molecule has 3 aliphatic rings. The second-order valence-electron chi connectivity index (χ2n) is 11.3. The van der Waals surface area contributed by atoms with Crippen molar-refractivity contribution < 1.29 is 4.79 Å². The average molecular weight is 519 g/mol. The molecule has 1 N–H and O–H groups in total. The summed E-state index contributed by atoms with van der Waals surface area (Å²) in [6, 6.07) is 13.4. The second kappa shape index (κ2) is 10.6. The molecule has 2 heterocycles. The molecule has 2 saturated carbocycles. The minimum absolute atomic E-state index is 0.0537. The highest BCUT2D eigenvalue weighted by Gasteiger charge is 2.32. The maximum absolute atomic E-state index is 13.8. The van der Waals surface area contributed by atoms with E-state index in [1.165, 1.54) is 61.9 Å². The molecule has 37 heavy (non-hydrogen) atoms. The molecule has 7 heteroatoms. The van der Waals surface area contributed by atoms with Crippen LogP contribution in [-0.2, 0) is 11.3 Å². The van der Waals surface area contributed by atoms with Gasteiger partial charge in [0.05, 0.1) is 10.9 Å². The molecule has 0 radical (unpaired) electrons. The first-order chi connectivity index (χ1) is 18.0. The van der Waals surface area contributed by atoms with Crippen LogP contribution in [0.1, 0.15) is 56.4 Å². The normalized spacial score (nSPS) is 22.1. The zero-order chi connectivity index (χ0) is 25.4. The molecule has 1 amide bonds.